The molecular formula is C29H32N2O5S. The minimum absolute atomic E-state index is 0.234. The zero-order valence-corrected chi connectivity index (χ0v) is 22.1. The molecule has 0 saturated carbocycles. The highest BCUT2D eigenvalue weighted by Crippen LogP contribution is 2.46. The third-order valence-electron chi connectivity index (χ3n) is 6.12. The molecule has 1 unspecified atom stereocenters. The number of thioether (sulfide) groups is 1. The predicted molar refractivity (Wildman–Crippen MR) is 145 cm³/mol. The molecule has 0 saturated heterocycles. The van der Waals surface area contributed by atoms with Gasteiger partial charge in [-0.25, -0.2) is 0 Å². The number of fused-ring (bicyclic) bond motifs is 1. The molecule has 1 amide bonds. The number of benzene rings is 3. The number of nitrogens with zero attached hydrogens (tertiary/aromatic N) is 2. The standard InChI is InChI=1S/C29H32N2O5S/c1-21(32)36-27-28(22-13-15-23(34-3)16-14-22)37-26-12-8-7-11-25(26)31(29(27)33)18-17-30(2)19-20-35-24-9-5-4-6-10-24/h4-16,27-28H,17-20H2,1-3H3/t27-,28?/m0/s1. The van der Waals surface area contributed by atoms with Crippen LogP contribution in [0.25, 0.3) is 0 Å². The lowest BCUT2D eigenvalue weighted by Gasteiger charge is -2.29. The van der Waals surface area contributed by atoms with Gasteiger partial charge in [-0.2, -0.15) is 0 Å². The topological polar surface area (TPSA) is 68.3 Å². The molecule has 1 aliphatic heterocycles. The number of anilines is 1. The molecule has 194 valence electrons. The number of hydrogen-bond donors (Lipinski definition) is 0. The normalized spacial score (nSPS) is 17.2. The molecule has 8 heteroatoms. The summed E-state index contributed by atoms with van der Waals surface area (Å²) in [5.41, 5.74) is 1.71. The first-order valence-electron chi connectivity index (χ1n) is 12.2. The Balaban J connectivity index is 1.52. The molecule has 0 aromatic heterocycles. The Morgan fingerprint density at radius 2 is 1.65 bits per heavy atom. The molecule has 3 aromatic rings. The first-order chi connectivity index (χ1) is 18.0. The SMILES string of the molecule is COc1ccc(C2Sc3ccccc3N(CCN(C)CCOc3ccccc3)C(=O)[C@H]2OC(C)=O)cc1. The van der Waals surface area contributed by atoms with Crippen molar-refractivity contribution in [2.45, 2.75) is 23.2 Å². The molecule has 0 radical (unpaired) electrons. The van der Waals surface area contributed by atoms with Crippen molar-refractivity contribution in [3.05, 3.63) is 84.4 Å². The van der Waals surface area contributed by atoms with Gasteiger partial charge in [-0.1, -0.05) is 42.5 Å². The number of esters is 1. The third-order valence-corrected chi connectivity index (χ3v) is 7.49. The van der Waals surface area contributed by atoms with Crippen LogP contribution in [0.2, 0.25) is 0 Å². The van der Waals surface area contributed by atoms with E-state index in [1.54, 1.807) is 12.0 Å². The minimum Gasteiger partial charge on any atom is -0.497 e. The van der Waals surface area contributed by atoms with Crippen LogP contribution in [-0.4, -0.2) is 63.3 Å². The van der Waals surface area contributed by atoms with Crippen molar-refractivity contribution in [3.8, 4) is 11.5 Å². The van der Waals surface area contributed by atoms with E-state index in [4.69, 9.17) is 14.2 Å². The van der Waals surface area contributed by atoms with Gasteiger partial charge in [0.1, 0.15) is 18.1 Å². The summed E-state index contributed by atoms with van der Waals surface area (Å²) >= 11 is 1.53. The lowest BCUT2D eigenvalue weighted by Crippen LogP contribution is -2.45. The molecule has 0 spiro atoms. The molecule has 1 heterocycles. The summed E-state index contributed by atoms with van der Waals surface area (Å²) in [4.78, 5) is 30.8. The van der Waals surface area contributed by atoms with Gasteiger partial charge in [0, 0.05) is 31.5 Å². The maximum Gasteiger partial charge on any atom is 0.303 e. The summed E-state index contributed by atoms with van der Waals surface area (Å²) in [7, 11) is 3.61. The van der Waals surface area contributed by atoms with Gasteiger partial charge in [0.05, 0.1) is 18.0 Å². The number of carbonyl (C=O) groups is 2. The summed E-state index contributed by atoms with van der Waals surface area (Å²) in [6, 6.07) is 25.1. The Hall–Kier alpha value is -3.49. The monoisotopic (exact) mass is 520 g/mol. The molecule has 0 N–H and O–H groups in total. The molecule has 0 bridgehead atoms. The maximum absolute atomic E-state index is 13.9. The first-order valence-corrected chi connectivity index (χ1v) is 13.1. The van der Waals surface area contributed by atoms with Crippen LogP contribution in [0.4, 0.5) is 5.69 Å². The smallest absolute Gasteiger partial charge is 0.303 e. The van der Waals surface area contributed by atoms with Gasteiger partial charge in [-0.3, -0.25) is 9.59 Å². The summed E-state index contributed by atoms with van der Waals surface area (Å²) in [6.07, 6.45) is -0.963. The Kier molecular flexibility index (Phi) is 9.09. The molecule has 1 aliphatic rings. The summed E-state index contributed by atoms with van der Waals surface area (Å²) in [5, 5.41) is -0.398. The number of hydrogen-bond acceptors (Lipinski definition) is 7. The van der Waals surface area contributed by atoms with Crippen LogP contribution >= 0.6 is 11.8 Å². The third kappa shape index (κ3) is 6.84. The molecule has 4 rings (SSSR count). The highest BCUT2D eigenvalue weighted by atomic mass is 32.2. The fraction of sp³-hybridized carbons (Fsp3) is 0.310. The molecule has 0 aliphatic carbocycles. The Bertz CT molecular complexity index is 1190. The Labute approximate surface area is 222 Å². The fourth-order valence-electron chi connectivity index (χ4n) is 4.16. The van der Waals surface area contributed by atoms with Crippen molar-refractivity contribution in [1.82, 2.24) is 4.90 Å². The predicted octanol–water partition coefficient (Wildman–Crippen LogP) is 4.82. The van der Waals surface area contributed by atoms with Gasteiger partial charge in [-0.05, 0) is 49.0 Å². The lowest BCUT2D eigenvalue weighted by atomic mass is 10.1. The van der Waals surface area contributed by atoms with E-state index in [0.29, 0.717) is 26.2 Å². The number of carbonyl (C=O) groups excluding carboxylic acids is 2. The van der Waals surface area contributed by atoms with Gasteiger partial charge in [0.2, 0.25) is 0 Å². The highest BCUT2D eigenvalue weighted by molar-refractivity contribution is 7.99. The van der Waals surface area contributed by atoms with Gasteiger partial charge in [-0.15, -0.1) is 11.8 Å². The number of para-hydroxylation sites is 2. The van der Waals surface area contributed by atoms with Gasteiger partial charge in [0.15, 0.2) is 6.10 Å². The number of rotatable bonds is 10. The van der Waals surface area contributed by atoms with Crippen LogP contribution in [-0.2, 0) is 14.3 Å². The second-order valence-electron chi connectivity index (χ2n) is 8.76. The van der Waals surface area contributed by atoms with Gasteiger partial charge < -0.3 is 24.0 Å². The van der Waals surface area contributed by atoms with E-state index in [2.05, 4.69) is 4.90 Å². The van der Waals surface area contributed by atoms with Crippen LogP contribution in [0, 0.1) is 0 Å². The maximum atomic E-state index is 13.9. The largest absolute Gasteiger partial charge is 0.497 e. The van der Waals surface area contributed by atoms with E-state index >= 15 is 0 Å². The molecule has 37 heavy (non-hydrogen) atoms. The van der Waals surface area contributed by atoms with E-state index in [0.717, 1.165) is 27.6 Å². The van der Waals surface area contributed by atoms with E-state index < -0.39 is 17.3 Å². The second-order valence-corrected chi connectivity index (χ2v) is 9.95. The number of ether oxygens (including phenoxy) is 3. The van der Waals surface area contributed by atoms with E-state index in [9.17, 15) is 9.59 Å². The fourth-order valence-corrected chi connectivity index (χ4v) is 5.48. The number of amides is 1. The van der Waals surface area contributed by atoms with Gasteiger partial charge >= 0.3 is 5.97 Å². The number of likely N-dealkylation sites (N-methyl/N-ethyl adjacent to an activating group) is 1. The minimum atomic E-state index is -0.963. The van der Waals surface area contributed by atoms with Gasteiger partial charge in [0.25, 0.3) is 5.91 Å². The quantitative estimate of drug-likeness (QED) is 0.355. The van der Waals surface area contributed by atoms with E-state index in [1.807, 2.05) is 85.9 Å². The van der Waals surface area contributed by atoms with Crippen molar-refractivity contribution in [2.24, 2.45) is 0 Å². The van der Waals surface area contributed by atoms with Crippen molar-refractivity contribution in [3.63, 3.8) is 0 Å². The molecule has 3 aromatic carbocycles. The van der Waals surface area contributed by atoms with Crippen molar-refractivity contribution in [2.75, 3.05) is 45.3 Å². The summed E-state index contributed by atoms with van der Waals surface area (Å²) < 4.78 is 16.8. The van der Waals surface area contributed by atoms with Crippen molar-refractivity contribution >= 4 is 29.3 Å². The molecule has 7 nitrogen and oxygen atoms in total. The highest BCUT2D eigenvalue weighted by Gasteiger charge is 2.40. The molecule has 0 fully saturated rings. The van der Waals surface area contributed by atoms with E-state index in [-0.39, 0.29) is 5.91 Å². The second kappa shape index (κ2) is 12.7. The van der Waals surface area contributed by atoms with Crippen LogP contribution in [0.1, 0.15) is 17.7 Å². The average Bonchev–Trinajstić information content (AvgIpc) is 3.02. The molecule has 2 atom stereocenters. The first kappa shape index (κ1) is 26.6. The van der Waals surface area contributed by atoms with Crippen molar-refractivity contribution < 1.29 is 23.8 Å². The zero-order chi connectivity index (χ0) is 26.2. The Morgan fingerprint density at radius 1 is 0.946 bits per heavy atom. The Morgan fingerprint density at radius 3 is 2.35 bits per heavy atom. The van der Waals surface area contributed by atoms with Crippen LogP contribution in [0.15, 0.2) is 83.8 Å². The average molecular weight is 521 g/mol. The van der Waals surface area contributed by atoms with Crippen LogP contribution in [0.5, 0.6) is 11.5 Å². The van der Waals surface area contributed by atoms with Crippen LogP contribution in [0.3, 0.4) is 0 Å². The summed E-state index contributed by atoms with van der Waals surface area (Å²) in [5.74, 6) is 0.832. The molecular weight excluding hydrogens is 488 g/mol. The lowest BCUT2D eigenvalue weighted by molar-refractivity contribution is -0.152. The zero-order valence-electron chi connectivity index (χ0n) is 21.3. The number of methoxy groups -OCH3 is 1. The van der Waals surface area contributed by atoms with Crippen LogP contribution < -0.4 is 14.4 Å². The van der Waals surface area contributed by atoms with Crippen molar-refractivity contribution in [1.29, 1.82) is 0 Å². The summed E-state index contributed by atoms with van der Waals surface area (Å²) in [6.45, 7) is 3.66. The van der Waals surface area contributed by atoms with E-state index in [1.165, 1.54) is 18.7 Å².